The third-order valence-corrected chi connectivity index (χ3v) is 7.11. The van der Waals surface area contributed by atoms with Crippen molar-refractivity contribution >= 4 is 23.9 Å². The maximum Gasteiger partial charge on any atom is 0.322 e. The molecular weight excluding hydrogens is 570 g/mol. The van der Waals surface area contributed by atoms with Crippen LogP contribution in [0.1, 0.15) is 68.7 Å². The number of esters is 3. The first kappa shape index (κ1) is 37.9. The van der Waals surface area contributed by atoms with Crippen molar-refractivity contribution in [3.8, 4) is 0 Å². The molecule has 0 aromatic rings. The summed E-state index contributed by atoms with van der Waals surface area (Å²) < 4.78 is 16.8. The first-order chi connectivity index (χ1) is 20.2. The molecule has 0 aromatic heterocycles. The minimum atomic E-state index is -0.896. The van der Waals surface area contributed by atoms with E-state index in [1.54, 1.807) is 0 Å². The Bertz CT molecular complexity index is 926. The van der Waals surface area contributed by atoms with Gasteiger partial charge in [-0.1, -0.05) is 0 Å². The normalized spacial score (nSPS) is 22.9. The molecule has 0 bridgehead atoms. The van der Waals surface area contributed by atoms with E-state index in [4.69, 9.17) is 14.2 Å². The monoisotopic (exact) mass is 627 g/mol. The summed E-state index contributed by atoms with van der Waals surface area (Å²) >= 11 is 0. The molecule has 44 heavy (non-hydrogen) atoms. The molecule has 254 valence electrons. The van der Waals surface area contributed by atoms with Crippen molar-refractivity contribution in [2.75, 3.05) is 78.5 Å². The molecule has 0 amide bonds. The number of nitrogens with zero attached hydrogens (tertiary/aromatic N) is 4. The van der Waals surface area contributed by atoms with Crippen molar-refractivity contribution in [2.45, 2.75) is 97.6 Å². The van der Waals surface area contributed by atoms with Gasteiger partial charge >= 0.3 is 23.9 Å². The molecule has 2 N–H and O–H groups in total. The molecule has 2 heterocycles. The average molecular weight is 628 g/mol. The number of hydrogen-bond acceptors (Lipinski definition) is 12. The Hall–Kier alpha value is -2.32. The van der Waals surface area contributed by atoms with Crippen LogP contribution in [-0.4, -0.2) is 156 Å². The molecule has 0 aromatic carbocycles. The van der Waals surface area contributed by atoms with Crippen LogP contribution >= 0.6 is 0 Å². The SMILES string of the molecule is CC(C)(C)OC(=O)CN1CCN(CC(=O)OC(C)(C)C)CCN(C2CCNC2C(=O)O)CCN(CC(=O)OC(C)(C)C)CC1. The molecule has 2 aliphatic heterocycles. The highest BCUT2D eigenvalue weighted by Crippen LogP contribution is 2.17. The summed E-state index contributed by atoms with van der Waals surface area (Å²) in [4.78, 5) is 58.7. The lowest BCUT2D eigenvalue weighted by Gasteiger charge is -2.37. The Labute approximate surface area is 263 Å². The largest absolute Gasteiger partial charge is 0.480 e. The molecule has 13 nitrogen and oxygen atoms in total. The molecule has 2 fully saturated rings. The number of aliphatic carboxylic acids is 1. The number of carbonyl (C=O) groups excluding carboxylic acids is 3. The van der Waals surface area contributed by atoms with Gasteiger partial charge in [0.05, 0.1) is 19.6 Å². The lowest BCUT2D eigenvalue weighted by Crippen LogP contribution is -2.54. The van der Waals surface area contributed by atoms with Crippen LogP contribution in [-0.2, 0) is 33.4 Å². The van der Waals surface area contributed by atoms with E-state index in [0.717, 1.165) is 0 Å². The van der Waals surface area contributed by atoms with Gasteiger partial charge in [-0.05, 0) is 75.3 Å². The Kier molecular flexibility index (Phi) is 14.0. The van der Waals surface area contributed by atoms with Crippen molar-refractivity contribution < 1.29 is 38.5 Å². The van der Waals surface area contributed by atoms with E-state index in [-0.39, 0.29) is 43.6 Å². The number of carboxylic acid groups (broad SMARTS) is 1. The van der Waals surface area contributed by atoms with E-state index in [2.05, 4.69) is 10.2 Å². The van der Waals surface area contributed by atoms with Gasteiger partial charge in [0.1, 0.15) is 22.8 Å². The molecule has 2 atom stereocenters. The van der Waals surface area contributed by atoms with E-state index >= 15 is 0 Å². The van der Waals surface area contributed by atoms with Gasteiger partial charge in [-0.2, -0.15) is 0 Å². The Morgan fingerprint density at radius 1 is 0.614 bits per heavy atom. The molecule has 0 aliphatic carbocycles. The third-order valence-electron chi connectivity index (χ3n) is 7.11. The lowest BCUT2D eigenvalue weighted by molar-refractivity contribution is -0.158. The van der Waals surface area contributed by atoms with Crippen LogP contribution in [0.4, 0.5) is 0 Å². The van der Waals surface area contributed by atoms with Gasteiger partial charge < -0.3 is 24.6 Å². The third kappa shape index (κ3) is 15.1. The first-order valence-electron chi connectivity index (χ1n) is 15.7. The van der Waals surface area contributed by atoms with Crippen molar-refractivity contribution in [1.29, 1.82) is 0 Å². The first-order valence-corrected chi connectivity index (χ1v) is 15.7. The molecule has 0 saturated carbocycles. The second-order valence-corrected chi connectivity index (χ2v) is 14.7. The van der Waals surface area contributed by atoms with Crippen LogP contribution in [0.5, 0.6) is 0 Å². The minimum Gasteiger partial charge on any atom is -0.480 e. The molecule has 13 heteroatoms. The van der Waals surface area contributed by atoms with Crippen LogP contribution < -0.4 is 5.32 Å². The standard InChI is InChI=1S/C31H57N5O8/c1-29(2,3)42-24(37)20-33-12-14-34(21-25(38)43-30(4,5)6)16-18-36(23-10-11-32-27(23)28(40)41)19-17-35(15-13-33)22-26(39)44-31(7,8)9/h23,27,32H,10-22H2,1-9H3,(H,40,41). The highest BCUT2D eigenvalue weighted by molar-refractivity contribution is 5.75. The molecule has 0 radical (unpaired) electrons. The van der Waals surface area contributed by atoms with Crippen molar-refractivity contribution in [3.05, 3.63) is 0 Å². The van der Waals surface area contributed by atoms with Crippen LogP contribution in [0.15, 0.2) is 0 Å². The highest BCUT2D eigenvalue weighted by Gasteiger charge is 2.37. The van der Waals surface area contributed by atoms with Gasteiger partial charge in [0, 0.05) is 58.4 Å². The van der Waals surface area contributed by atoms with E-state index < -0.39 is 28.8 Å². The Balaban J connectivity index is 2.32. The smallest absolute Gasteiger partial charge is 0.322 e. The van der Waals surface area contributed by atoms with Gasteiger partial charge in [0.25, 0.3) is 0 Å². The predicted molar refractivity (Wildman–Crippen MR) is 166 cm³/mol. The topological polar surface area (TPSA) is 141 Å². The van der Waals surface area contributed by atoms with Gasteiger partial charge in [0.2, 0.25) is 0 Å². The van der Waals surface area contributed by atoms with Crippen LogP contribution in [0, 0.1) is 0 Å². The van der Waals surface area contributed by atoms with Crippen molar-refractivity contribution in [2.24, 2.45) is 0 Å². The molecule has 0 spiro atoms. The maximum absolute atomic E-state index is 12.8. The zero-order valence-corrected chi connectivity index (χ0v) is 28.4. The minimum absolute atomic E-state index is 0.0674. The molecule has 2 aliphatic rings. The van der Waals surface area contributed by atoms with Crippen molar-refractivity contribution in [3.63, 3.8) is 0 Å². The quantitative estimate of drug-likeness (QED) is 0.293. The van der Waals surface area contributed by atoms with Gasteiger partial charge in [0.15, 0.2) is 0 Å². The number of rotatable bonds is 8. The van der Waals surface area contributed by atoms with E-state index in [0.29, 0.717) is 65.3 Å². The van der Waals surface area contributed by atoms with Gasteiger partial charge in [-0.3, -0.25) is 38.8 Å². The summed E-state index contributed by atoms with van der Waals surface area (Å²) in [7, 11) is 0. The number of carboxylic acids is 1. The molecule has 2 saturated heterocycles. The molecular formula is C31H57N5O8. The second-order valence-electron chi connectivity index (χ2n) is 14.7. The van der Waals surface area contributed by atoms with E-state index in [1.807, 2.05) is 77.0 Å². The van der Waals surface area contributed by atoms with Crippen LogP contribution in [0.3, 0.4) is 0 Å². The Morgan fingerprint density at radius 2 is 0.932 bits per heavy atom. The zero-order valence-electron chi connectivity index (χ0n) is 28.4. The fourth-order valence-corrected chi connectivity index (χ4v) is 5.36. The summed E-state index contributed by atoms with van der Waals surface area (Å²) in [6, 6.07) is -0.934. The molecule has 2 rings (SSSR count). The van der Waals surface area contributed by atoms with E-state index in [1.165, 1.54) is 0 Å². The summed E-state index contributed by atoms with van der Waals surface area (Å²) in [5.74, 6) is -1.93. The van der Waals surface area contributed by atoms with Gasteiger partial charge in [-0.15, -0.1) is 0 Å². The Morgan fingerprint density at radius 3 is 1.23 bits per heavy atom. The fourth-order valence-electron chi connectivity index (χ4n) is 5.36. The second kappa shape index (κ2) is 16.3. The van der Waals surface area contributed by atoms with Gasteiger partial charge in [-0.25, -0.2) is 0 Å². The highest BCUT2D eigenvalue weighted by atomic mass is 16.6. The molecule has 2 unspecified atom stereocenters. The summed E-state index contributed by atoms with van der Waals surface area (Å²) in [6.07, 6.45) is 0.679. The fraction of sp³-hybridized carbons (Fsp3) is 0.871. The maximum atomic E-state index is 12.8. The van der Waals surface area contributed by atoms with Crippen LogP contribution in [0.25, 0.3) is 0 Å². The number of carbonyl (C=O) groups is 4. The number of ether oxygens (including phenoxy) is 3. The van der Waals surface area contributed by atoms with E-state index in [9.17, 15) is 24.3 Å². The summed E-state index contributed by atoms with van der Waals surface area (Å²) in [5.41, 5.74) is -1.87. The summed E-state index contributed by atoms with van der Waals surface area (Å²) in [5, 5.41) is 13.0. The lowest BCUT2D eigenvalue weighted by atomic mass is 10.1. The number of nitrogens with one attached hydrogen (secondary N) is 1. The average Bonchev–Trinajstić information content (AvgIpc) is 3.30. The van der Waals surface area contributed by atoms with Crippen molar-refractivity contribution in [1.82, 2.24) is 24.9 Å². The summed E-state index contributed by atoms with van der Waals surface area (Å²) in [6.45, 7) is 21.2. The van der Waals surface area contributed by atoms with Crippen LogP contribution in [0.2, 0.25) is 0 Å². The predicted octanol–water partition coefficient (Wildman–Crippen LogP) is 1.05. The zero-order chi connectivity index (χ0) is 33.3. The number of hydrogen-bond donors (Lipinski definition) is 2.